The molecule has 0 nitrogen and oxygen atoms in total. The van der Waals surface area contributed by atoms with Crippen molar-refractivity contribution in [2.24, 2.45) is 0 Å². The zero-order valence-corrected chi connectivity index (χ0v) is 36.0. The summed E-state index contributed by atoms with van der Waals surface area (Å²) in [7, 11) is 0. The van der Waals surface area contributed by atoms with Crippen LogP contribution in [0.25, 0.3) is 97.0 Å². The molecule has 0 amide bonds. The molecule has 10 rings (SSSR count). The fourth-order valence-electron chi connectivity index (χ4n) is 12.2. The Morgan fingerprint density at radius 2 is 0.167 bits per heavy atom. The lowest BCUT2D eigenvalue weighted by atomic mass is 9.71. The van der Waals surface area contributed by atoms with Crippen molar-refractivity contribution in [3.8, 4) is 0 Å². The van der Waals surface area contributed by atoms with E-state index in [-0.39, 0.29) is 0 Å². The van der Waals surface area contributed by atoms with Gasteiger partial charge < -0.3 is 0 Å². The third-order valence-electron chi connectivity index (χ3n) is 16.5. The Kier molecular flexibility index (Phi) is 6.35. The van der Waals surface area contributed by atoms with Gasteiger partial charge in [-0.1, -0.05) is 0 Å². The standard InChI is InChI=1S/C54H54/c1-19-21(3)27(9)39-37(25(19)7)41-29(11)23(5)31(13)43-47-36(18)34(16)46-40-28(10)22(4)20(2)26(8)38(40)42-30(12)24(6)32(14)44-48-35(17)33(15)45(39)51(49(41)43)53(48)54(47)52(46)50(42)44/h1-18H3. The van der Waals surface area contributed by atoms with E-state index in [4.69, 9.17) is 0 Å². The van der Waals surface area contributed by atoms with Gasteiger partial charge in [0.25, 0.3) is 0 Å². The van der Waals surface area contributed by atoms with E-state index in [1.54, 1.807) is 0 Å². The fraction of sp³-hybridized carbons (Fsp3) is 0.333. The number of fused-ring (bicyclic) bond motifs is 8. The minimum Gasteiger partial charge on any atom is -0.0443 e. The van der Waals surface area contributed by atoms with Gasteiger partial charge in [-0.25, -0.2) is 0 Å². The van der Waals surface area contributed by atoms with Gasteiger partial charge in [0.05, 0.1) is 0 Å². The molecule has 0 aliphatic carbocycles. The summed E-state index contributed by atoms with van der Waals surface area (Å²) in [4.78, 5) is 0. The first-order valence-electron chi connectivity index (χ1n) is 20.2. The predicted octanol–water partition coefficient (Wildman–Crippen LogP) is 15.9. The topological polar surface area (TPSA) is 0 Å². The van der Waals surface area contributed by atoms with E-state index >= 15 is 0 Å². The van der Waals surface area contributed by atoms with Crippen LogP contribution in [0.3, 0.4) is 0 Å². The summed E-state index contributed by atoms with van der Waals surface area (Å²) < 4.78 is 0. The van der Waals surface area contributed by atoms with Crippen molar-refractivity contribution in [3.05, 3.63) is 100 Å². The van der Waals surface area contributed by atoms with Crippen LogP contribution in [0.1, 0.15) is 100 Å². The second kappa shape index (κ2) is 10.1. The Morgan fingerprint density at radius 1 is 0.0926 bits per heavy atom. The first-order valence-corrected chi connectivity index (χ1v) is 20.2. The quantitative estimate of drug-likeness (QED) is 0.109. The molecule has 0 spiro atoms. The van der Waals surface area contributed by atoms with Crippen LogP contribution in [0.5, 0.6) is 0 Å². The fourth-order valence-corrected chi connectivity index (χ4v) is 12.2. The van der Waals surface area contributed by atoms with Crippen molar-refractivity contribution >= 4 is 97.0 Å². The van der Waals surface area contributed by atoms with Gasteiger partial charge in [-0.2, -0.15) is 0 Å². The van der Waals surface area contributed by atoms with Crippen molar-refractivity contribution in [1.82, 2.24) is 0 Å². The van der Waals surface area contributed by atoms with Crippen LogP contribution in [-0.2, 0) is 0 Å². The number of hydrogen-bond donors (Lipinski definition) is 0. The summed E-state index contributed by atoms with van der Waals surface area (Å²) in [5.41, 5.74) is 25.9. The van der Waals surface area contributed by atoms with E-state index < -0.39 is 0 Å². The molecule has 0 saturated heterocycles. The highest BCUT2D eigenvalue weighted by molar-refractivity contribution is 6.54. The average molecular weight is 703 g/mol. The molecule has 0 aliphatic heterocycles. The molecule has 10 aromatic carbocycles. The normalized spacial score (nSPS) is 13.0. The second-order valence-corrected chi connectivity index (χ2v) is 18.0. The number of hydrogen-bond acceptors (Lipinski definition) is 0. The maximum absolute atomic E-state index is 2.45. The zero-order valence-electron chi connectivity index (χ0n) is 36.0. The van der Waals surface area contributed by atoms with Crippen molar-refractivity contribution < 1.29 is 0 Å². The first-order chi connectivity index (χ1) is 25.4. The van der Waals surface area contributed by atoms with Gasteiger partial charge in [-0.05, 0) is 322 Å². The van der Waals surface area contributed by atoms with E-state index in [2.05, 4.69) is 125 Å². The molecule has 0 fully saturated rings. The van der Waals surface area contributed by atoms with Crippen molar-refractivity contribution in [1.29, 1.82) is 0 Å². The SMILES string of the molecule is Cc1c(C)c(C)c2c(c1C)c1c(C)c(C)c(C)c3c4c(C)c(C)c5c6c(C)c(C)c(C)c(C)c6c6c(C)c(C)c(C)c7c8c(C)c(C)c2c(c13)c8c4c5c67. The number of aryl methyl sites for hydroxylation is 12. The third kappa shape index (κ3) is 3.30. The molecule has 0 aromatic heterocycles. The molecule has 0 atom stereocenters. The first kappa shape index (κ1) is 33.9. The van der Waals surface area contributed by atoms with Crippen molar-refractivity contribution in [2.75, 3.05) is 0 Å². The molecule has 0 bridgehead atoms. The lowest BCUT2D eigenvalue weighted by molar-refractivity contribution is 1.25. The van der Waals surface area contributed by atoms with Gasteiger partial charge in [0.1, 0.15) is 0 Å². The van der Waals surface area contributed by atoms with Crippen molar-refractivity contribution in [2.45, 2.75) is 125 Å². The molecule has 0 unspecified atom stereocenters. The highest BCUT2D eigenvalue weighted by Gasteiger charge is 2.33. The Balaban J connectivity index is 1.79. The summed E-state index contributed by atoms with van der Waals surface area (Å²) in [6.07, 6.45) is 0. The lowest BCUT2D eigenvalue weighted by Gasteiger charge is -2.32. The molecule has 0 heterocycles. The Labute approximate surface area is 320 Å². The van der Waals surface area contributed by atoms with Crippen LogP contribution in [0.2, 0.25) is 0 Å². The summed E-state index contributed by atoms with van der Waals surface area (Å²) >= 11 is 0. The Hall–Kier alpha value is -4.68. The van der Waals surface area contributed by atoms with Gasteiger partial charge in [0, 0.05) is 0 Å². The summed E-state index contributed by atoms with van der Waals surface area (Å²) in [5, 5.41) is 26.8. The maximum atomic E-state index is 2.45. The highest BCUT2D eigenvalue weighted by atomic mass is 14.4. The lowest BCUT2D eigenvalue weighted by Crippen LogP contribution is -2.07. The van der Waals surface area contributed by atoms with Crippen molar-refractivity contribution in [3.63, 3.8) is 0 Å². The molecule has 0 saturated carbocycles. The van der Waals surface area contributed by atoms with Crippen LogP contribution in [0, 0.1) is 125 Å². The minimum absolute atomic E-state index is 1.43. The minimum atomic E-state index is 1.43. The monoisotopic (exact) mass is 702 g/mol. The Morgan fingerprint density at radius 3 is 0.315 bits per heavy atom. The van der Waals surface area contributed by atoms with E-state index in [1.165, 1.54) is 197 Å². The largest absolute Gasteiger partial charge is 0.0443 e. The molecule has 0 heteroatoms. The van der Waals surface area contributed by atoms with Crippen LogP contribution < -0.4 is 0 Å². The number of benzene rings is 10. The van der Waals surface area contributed by atoms with Crippen LogP contribution >= 0.6 is 0 Å². The maximum Gasteiger partial charge on any atom is -0.000410 e. The van der Waals surface area contributed by atoms with E-state index in [9.17, 15) is 0 Å². The second-order valence-electron chi connectivity index (χ2n) is 18.0. The molecule has 10 aromatic rings. The van der Waals surface area contributed by atoms with Crippen LogP contribution in [-0.4, -0.2) is 0 Å². The molecule has 0 aliphatic rings. The summed E-state index contributed by atoms with van der Waals surface area (Å²) in [6.45, 7) is 43.3. The van der Waals surface area contributed by atoms with Gasteiger partial charge in [0.15, 0.2) is 0 Å². The molecular weight excluding hydrogens is 649 g/mol. The predicted molar refractivity (Wildman–Crippen MR) is 243 cm³/mol. The smallest absolute Gasteiger partial charge is 0.000410 e. The summed E-state index contributed by atoms with van der Waals surface area (Å²) in [6, 6.07) is 0. The van der Waals surface area contributed by atoms with Crippen LogP contribution in [0.4, 0.5) is 0 Å². The van der Waals surface area contributed by atoms with E-state index in [0.29, 0.717) is 0 Å². The number of rotatable bonds is 0. The Bertz CT molecular complexity index is 3230. The zero-order chi connectivity index (χ0) is 38.8. The molecule has 270 valence electrons. The molecular formula is C54H54. The molecule has 0 radical (unpaired) electrons. The highest BCUT2D eigenvalue weighted by Crippen LogP contribution is 2.59. The van der Waals surface area contributed by atoms with Gasteiger partial charge >= 0.3 is 0 Å². The third-order valence-corrected chi connectivity index (χ3v) is 16.5. The van der Waals surface area contributed by atoms with Gasteiger partial charge in [-0.3, -0.25) is 0 Å². The van der Waals surface area contributed by atoms with Gasteiger partial charge in [-0.15, -0.1) is 0 Å². The molecule has 0 N–H and O–H groups in total. The molecule has 54 heavy (non-hydrogen) atoms. The van der Waals surface area contributed by atoms with Crippen LogP contribution in [0.15, 0.2) is 0 Å². The summed E-state index contributed by atoms with van der Waals surface area (Å²) in [5.74, 6) is 0. The van der Waals surface area contributed by atoms with E-state index in [0.717, 1.165) is 0 Å². The average Bonchev–Trinajstić information content (AvgIpc) is 3.15. The van der Waals surface area contributed by atoms with E-state index in [1.807, 2.05) is 0 Å². The van der Waals surface area contributed by atoms with Gasteiger partial charge in [0.2, 0.25) is 0 Å².